The zero-order valence-corrected chi connectivity index (χ0v) is 12.9. The number of aliphatic hydroxyl groups is 1. The molecule has 0 saturated carbocycles. The maximum absolute atomic E-state index is 12.3. The van der Waals surface area contributed by atoms with Crippen molar-refractivity contribution in [1.29, 1.82) is 0 Å². The number of nitrogens with zero attached hydrogens (tertiary/aromatic N) is 2. The maximum atomic E-state index is 12.3. The number of rotatable bonds is 5. The topological polar surface area (TPSA) is 84.2 Å². The molecule has 0 saturated heterocycles. The number of aliphatic hydroxyl groups excluding tert-OH is 1. The first-order chi connectivity index (χ1) is 11.6. The van der Waals surface area contributed by atoms with Crippen LogP contribution in [0.25, 0.3) is 10.8 Å². The van der Waals surface area contributed by atoms with E-state index in [2.05, 4.69) is 10.3 Å². The van der Waals surface area contributed by atoms with Crippen LogP contribution in [0.5, 0.6) is 0 Å². The van der Waals surface area contributed by atoms with Gasteiger partial charge in [0.2, 0.25) is 0 Å². The Balaban J connectivity index is 1.67. The van der Waals surface area contributed by atoms with Gasteiger partial charge in [-0.2, -0.15) is 0 Å². The minimum Gasteiger partial charge on any atom is -0.389 e. The number of nitrogens with one attached hydrogen (secondary N) is 1. The molecule has 3 rings (SSSR count). The molecule has 0 spiro atoms. The average Bonchev–Trinajstić information content (AvgIpc) is 2.61. The SMILES string of the molecule is O=C(NCC(O)Cn1ccccc1=O)c1nccc2ccccc12. The monoisotopic (exact) mass is 323 g/mol. The molecular formula is C18H17N3O3. The molecular weight excluding hydrogens is 306 g/mol. The molecule has 0 bridgehead atoms. The van der Waals surface area contributed by atoms with Crippen LogP contribution in [0.15, 0.2) is 65.7 Å². The Hall–Kier alpha value is -2.99. The summed E-state index contributed by atoms with van der Waals surface area (Å²) >= 11 is 0. The number of benzene rings is 1. The summed E-state index contributed by atoms with van der Waals surface area (Å²) < 4.78 is 1.40. The predicted molar refractivity (Wildman–Crippen MR) is 90.8 cm³/mol. The zero-order valence-electron chi connectivity index (χ0n) is 12.9. The molecule has 24 heavy (non-hydrogen) atoms. The second-order valence-corrected chi connectivity index (χ2v) is 5.44. The van der Waals surface area contributed by atoms with Crippen molar-refractivity contribution in [3.63, 3.8) is 0 Å². The number of carbonyl (C=O) groups is 1. The summed E-state index contributed by atoms with van der Waals surface area (Å²) in [6, 6.07) is 14.1. The number of hydrogen-bond donors (Lipinski definition) is 2. The third kappa shape index (κ3) is 3.49. The van der Waals surface area contributed by atoms with Crippen LogP contribution >= 0.6 is 0 Å². The highest BCUT2D eigenvalue weighted by Crippen LogP contribution is 2.15. The summed E-state index contributed by atoms with van der Waals surface area (Å²) in [5.74, 6) is -0.355. The van der Waals surface area contributed by atoms with Gasteiger partial charge in [0, 0.05) is 30.4 Å². The van der Waals surface area contributed by atoms with Gasteiger partial charge in [0.05, 0.1) is 12.6 Å². The number of pyridine rings is 2. The smallest absolute Gasteiger partial charge is 0.270 e. The highest BCUT2D eigenvalue weighted by atomic mass is 16.3. The fourth-order valence-electron chi connectivity index (χ4n) is 2.50. The largest absolute Gasteiger partial charge is 0.389 e. The van der Waals surface area contributed by atoms with E-state index in [1.807, 2.05) is 30.3 Å². The Labute approximate surface area is 138 Å². The Morgan fingerprint density at radius 2 is 1.96 bits per heavy atom. The van der Waals surface area contributed by atoms with E-state index in [0.717, 1.165) is 10.8 Å². The Kier molecular flexibility index (Phi) is 4.67. The summed E-state index contributed by atoms with van der Waals surface area (Å²) in [5, 5.41) is 14.4. The lowest BCUT2D eigenvalue weighted by molar-refractivity contribution is 0.0900. The minimum atomic E-state index is -0.871. The molecule has 0 radical (unpaired) electrons. The molecule has 6 nitrogen and oxygen atoms in total. The molecule has 1 unspecified atom stereocenters. The third-order valence-corrected chi connectivity index (χ3v) is 3.69. The van der Waals surface area contributed by atoms with Crippen LogP contribution in [0.1, 0.15) is 10.5 Å². The van der Waals surface area contributed by atoms with Crippen molar-refractivity contribution < 1.29 is 9.90 Å². The molecule has 1 aromatic carbocycles. The van der Waals surface area contributed by atoms with Gasteiger partial charge in [-0.05, 0) is 17.5 Å². The van der Waals surface area contributed by atoms with Gasteiger partial charge in [-0.25, -0.2) is 0 Å². The van der Waals surface area contributed by atoms with Crippen LogP contribution in [0.2, 0.25) is 0 Å². The van der Waals surface area contributed by atoms with Crippen molar-refractivity contribution >= 4 is 16.7 Å². The molecule has 2 aromatic heterocycles. The number of aromatic nitrogens is 2. The van der Waals surface area contributed by atoms with E-state index in [0.29, 0.717) is 5.69 Å². The quantitative estimate of drug-likeness (QED) is 0.739. The van der Waals surface area contributed by atoms with Gasteiger partial charge in [0.25, 0.3) is 11.5 Å². The highest BCUT2D eigenvalue weighted by Gasteiger charge is 2.13. The zero-order chi connectivity index (χ0) is 16.9. The molecule has 3 aromatic rings. The normalized spacial score (nSPS) is 12.0. The third-order valence-electron chi connectivity index (χ3n) is 3.69. The van der Waals surface area contributed by atoms with Crippen molar-refractivity contribution in [2.45, 2.75) is 12.6 Å². The molecule has 1 atom stereocenters. The van der Waals surface area contributed by atoms with Gasteiger partial charge < -0.3 is 15.0 Å². The standard InChI is InChI=1S/C18H17N3O3/c22-14(12-21-10-4-3-7-16(21)23)11-20-18(24)17-15-6-2-1-5-13(15)8-9-19-17/h1-10,14,22H,11-12H2,(H,20,24). The molecule has 0 aliphatic carbocycles. The first-order valence-corrected chi connectivity index (χ1v) is 7.60. The summed E-state index contributed by atoms with van der Waals surface area (Å²) in [4.78, 5) is 28.1. The molecule has 1 amide bonds. The second-order valence-electron chi connectivity index (χ2n) is 5.44. The predicted octanol–water partition coefficient (Wildman–Crippen LogP) is 1.19. The molecule has 2 heterocycles. The molecule has 122 valence electrons. The van der Waals surface area contributed by atoms with Gasteiger partial charge in [-0.1, -0.05) is 30.3 Å². The number of amides is 1. The molecule has 0 aliphatic heterocycles. The molecule has 6 heteroatoms. The van der Waals surface area contributed by atoms with Crippen molar-refractivity contribution in [3.8, 4) is 0 Å². The number of carbonyl (C=O) groups excluding carboxylic acids is 1. The number of hydrogen-bond acceptors (Lipinski definition) is 4. The lowest BCUT2D eigenvalue weighted by atomic mass is 10.1. The van der Waals surface area contributed by atoms with E-state index in [9.17, 15) is 14.7 Å². The fourth-order valence-corrected chi connectivity index (χ4v) is 2.50. The van der Waals surface area contributed by atoms with Crippen LogP contribution < -0.4 is 10.9 Å². The van der Waals surface area contributed by atoms with Crippen LogP contribution in [0, 0.1) is 0 Å². The average molecular weight is 323 g/mol. The van der Waals surface area contributed by atoms with E-state index < -0.39 is 6.10 Å². The van der Waals surface area contributed by atoms with Gasteiger partial charge in [-0.15, -0.1) is 0 Å². The van der Waals surface area contributed by atoms with Gasteiger partial charge in [-0.3, -0.25) is 14.6 Å². The van der Waals surface area contributed by atoms with Crippen molar-refractivity contribution in [2.75, 3.05) is 6.54 Å². The van der Waals surface area contributed by atoms with Gasteiger partial charge in [0.15, 0.2) is 0 Å². The first kappa shape index (κ1) is 15.9. The van der Waals surface area contributed by atoms with Crippen LogP contribution in [0.4, 0.5) is 0 Å². The summed E-state index contributed by atoms with van der Waals surface area (Å²) in [7, 11) is 0. The van der Waals surface area contributed by atoms with Crippen LogP contribution in [-0.4, -0.2) is 33.2 Å². The van der Waals surface area contributed by atoms with E-state index in [4.69, 9.17) is 0 Å². The maximum Gasteiger partial charge on any atom is 0.270 e. The number of fused-ring (bicyclic) bond motifs is 1. The summed E-state index contributed by atoms with van der Waals surface area (Å²) in [6.45, 7) is 0.147. The molecule has 0 fully saturated rings. The van der Waals surface area contributed by atoms with Crippen molar-refractivity contribution in [2.24, 2.45) is 0 Å². The van der Waals surface area contributed by atoms with E-state index >= 15 is 0 Å². The summed E-state index contributed by atoms with van der Waals surface area (Å²) in [6.07, 6.45) is 2.31. The van der Waals surface area contributed by atoms with Gasteiger partial charge in [0.1, 0.15) is 5.69 Å². The summed E-state index contributed by atoms with van der Waals surface area (Å²) in [5.41, 5.74) is 0.121. The first-order valence-electron chi connectivity index (χ1n) is 7.60. The lowest BCUT2D eigenvalue weighted by Gasteiger charge is -2.13. The minimum absolute atomic E-state index is 0.0328. The lowest BCUT2D eigenvalue weighted by Crippen LogP contribution is -2.36. The molecule has 2 N–H and O–H groups in total. The fraction of sp³-hybridized carbons (Fsp3) is 0.167. The van der Waals surface area contributed by atoms with Crippen LogP contribution in [0.3, 0.4) is 0 Å². The van der Waals surface area contributed by atoms with Gasteiger partial charge >= 0.3 is 0 Å². The van der Waals surface area contributed by atoms with E-state index in [1.165, 1.54) is 10.6 Å². The van der Waals surface area contributed by atoms with Crippen molar-refractivity contribution in [1.82, 2.24) is 14.9 Å². The van der Waals surface area contributed by atoms with Crippen LogP contribution in [-0.2, 0) is 6.54 Å². The van der Waals surface area contributed by atoms with E-state index in [-0.39, 0.29) is 24.6 Å². The second kappa shape index (κ2) is 7.06. The Morgan fingerprint density at radius 3 is 2.79 bits per heavy atom. The van der Waals surface area contributed by atoms with E-state index in [1.54, 1.807) is 24.5 Å². The highest BCUT2D eigenvalue weighted by molar-refractivity contribution is 6.05. The molecule has 0 aliphatic rings. The van der Waals surface area contributed by atoms with Crippen molar-refractivity contribution in [3.05, 3.63) is 77.0 Å². The Morgan fingerprint density at radius 1 is 1.17 bits per heavy atom. The Bertz CT molecular complexity index is 915.